The smallest absolute Gasteiger partial charge is 0.118 e. The van der Waals surface area contributed by atoms with Crippen LogP contribution in [0.3, 0.4) is 0 Å². The molecule has 0 fully saturated rings. The van der Waals surface area contributed by atoms with Gasteiger partial charge in [-0.2, -0.15) is 0 Å². The molecule has 2 aromatic carbocycles. The Morgan fingerprint density at radius 3 is 2.23 bits per heavy atom. The van der Waals surface area contributed by atoms with E-state index in [-0.39, 0.29) is 0 Å². The molecule has 22 heavy (non-hydrogen) atoms. The maximum Gasteiger partial charge on any atom is 0.118 e. The van der Waals surface area contributed by atoms with Crippen molar-refractivity contribution in [3.05, 3.63) is 59.7 Å². The van der Waals surface area contributed by atoms with Crippen LogP contribution in [-0.4, -0.2) is 29.9 Å². The maximum atomic E-state index is 12.5. The summed E-state index contributed by atoms with van der Waals surface area (Å²) in [6.45, 7) is 2.00. The van der Waals surface area contributed by atoms with E-state index in [1.165, 1.54) is 7.11 Å². The summed E-state index contributed by atoms with van der Waals surface area (Å²) in [6.07, 6.45) is 0. The Bertz CT molecular complexity index is 663. The quantitative estimate of drug-likeness (QED) is 0.607. The molecule has 0 aliphatic rings. The molecule has 1 atom stereocenters. The second kappa shape index (κ2) is 7.75. The van der Waals surface area contributed by atoms with Crippen molar-refractivity contribution in [3.8, 4) is 5.75 Å². The number of hydrogen-bond acceptors (Lipinski definition) is 4. The van der Waals surface area contributed by atoms with Gasteiger partial charge in [0.15, 0.2) is 0 Å². The van der Waals surface area contributed by atoms with E-state index in [0.29, 0.717) is 11.5 Å². The molecule has 0 aliphatic carbocycles. The summed E-state index contributed by atoms with van der Waals surface area (Å²) in [7, 11) is 1.93. The van der Waals surface area contributed by atoms with Crippen molar-refractivity contribution in [2.24, 2.45) is 5.16 Å². The van der Waals surface area contributed by atoms with E-state index in [4.69, 9.17) is 9.57 Å². The number of aryl methyl sites for hydroxylation is 1. The predicted molar refractivity (Wildman–Crippen MR) is 89.0 cm³/mol. The van der Waals surface area contributed by atoms with Crippen LogP contribution in [0.25, 0.3) is 0 Å². The van der Waals surface area contributed by atoms with E-state index in [1.54, 1.807) is 7.11 Å². The van der Waals surface area contributed by atoms with Gasteiger partial charge in [-0.25, -0.2) is 0 Å². The Balaban J connectivity index is 2.19. The molecule has 0 bridgehead atoms. The second-order valence-electron chi connectivity index (χ2n) is 4.75. The highest BCUT2D eigenvalue weighted by Crippen LogP contribution is 2.15. The Labute approximate surface area is 133 Å². The van der Waals surface area contributed by atoms with Crippen LogP contribution in [0.2, 0.25) is 0 Å². The van der Waals surface area contributed by atoms with Crippen LogP contribution in [0.4, 0.5) is 0 Å². The minimum Gasteiger partial charge on any atom is -0.497 e. The molecule has 116 valence electrons. The van der Waals surface area contributed by atoms with Crippen LogP contribution in [0.1, 0.15) is 11.1 Å². The first kappa shape index (κ1) is 16.2. The third-order valence-electron chi connectivity index (χ3n) is 3.18. The van der Waals surface area contributed by atoms with Crippen molar-refractivity contribution < 1.29 is 13.8 Å². The van der Waals surface area contributed by atoms with E-state index in [9.17, 15) is 4.21 Å². The first-order chi connectivity index (χ1) is 10.6. The van der Waals surface area contributed by atoms with Gasteiger partial charge in [0.1, 0.15) is 12.9 Å². The van der Waals surface area contributed by atoms with Crippen LogP contribution in [-0.2, 0) is 15.6 Å². The third-order valence-corrected chi connectivity index (χ3v) is 4.51. The van der Waals surface area contributed by atoms with Gasteiger partial charge in [-0.1, -0.05) is 22.9 Å². The summed E-state index contributed by atoms with van der Waals surface area (Å²) in [5.74, 6) is 1.06. The molecule has 0 N–H and O–H groups in total. The highest BCUT2D eigenvalue weighted by Gasteiger charge is 2.12. The van der Waals surface area contributed by atoms with Gasteiger partial charge in [0.25, 0.3) is 0 Å². The molecule has 0 saturated heterocycles. The van der Waals surface area contributed by atoms with Crippen LogP contribution < -0.4 is 4.74 Å². The molecule has 0 aromatic heterocycles. The lowest BCUT2D eigenvalue weighted by Crippen LogP contribution is -2.13. The molecule has 5 heteroatoms. The first-order valence-corrected chi connectivity index (χ1v) is 8.15. The minimum atomic E-state index is -1.17. The van der Waals surface area contributed by atoms with Crippen molar-refractivity contribution in [1.29, 1.82) is 0 Å². The first-order valence-electron chi connectivity index (χ1n) is 6.83. The minimum absolute atomic E-state index is 0.295. The molecule has 0 spiro atoms. The van der Waals surface area contributed by atoms with Gasteiger partial charge in [-0.15, -0.1) is 0 Å². The van der Waals surface area contributed by atoms with Crippen LogP contribution in [0.15, 0.2) is 58.6 Å². The molecule has 0 saturated carbocycles. The standard InChI is InChI=1S/C17H19NO3S/c1-13-4-10-16(11-5-13)22(19)12-17(18-21-3)14-6-8-15(20-2)9-7-14/h4-11H,12H2,1-3H3. The fraction of sp³-hybridized carbons (Fsp3) is 0.235. The summed E-state index contributed by atoms with van der Waals surface area (Å²) >= 11 is 0. The van der Waals surface area contributed by atoms with Gasteiger partial charge >= 0.3 is 0 Å². The number of ether oxygens (including phenoxy) is 1. The highest BCUT2D eigenvalue weighted by molar-refractivity contribution is 7.85. The molecule has 2 rings (SSSR count). The monoisotopic (exact) mass is 317 g/mol. The van der Waals surface area contributed by atoms with Gasteiger partial charge in [-0.05, 0) is 43.3 Å². The van der Waals surface area contributed by atoms with Crippen molar-refractivity contribution >= 4 is 16.5 Å². The van der Waals surface area contributed by atoms with Crippen molar-refractivity contribution in [1.82, 2.24) is 0 Å². The molecular formula is C17H19NO3S. The number of oxime groups is 1. The van der Waals surface area contributed by atoms with E-state index in [1.807, 2.05) is 55.5 Å². The molecular weight excluding hydrogens is 298 g/mol. The molecule has 0 heterocycles. The van der Waals surface area contributed by atoms with Gasteiger partial charge in [0.05, 0.1) is 29.4 Å². The van der Waals surface area contributed by atoms with Gasteiger partial charge in [-0.3, -0.25) is 4.21 Å². The Morgan fingerprint density at radius 1 is 1.05 bits per heavy atom. The molecule has 0 aliphatic heterocycles. The molecule has 0 radical (unpaired) electrons. The third kappa shape index (κ3) is 4.18. The van der Waals surface area contributed by atoms with Crippen LogP contribution in [0.5, 0.6) is 5.75 Å². The van der Waals surface area contributed by atoms with Crippen molar-refractivity contribution in [2.45, 2.75) is 11.8 Å². The van der Waals surface area contributed by atoms with Crippen LogP contribution >= 0.6 is 0 Å². The lowest BCUT2D eigenvalue weighted by Gasteiger charge is -2.08. The van der Waals surface area contributed by atoms with Gasteiger partial charge < -0.3 is 9.57 Å². The summed E-state index contributed by atoms with van der Waals surface area (Å²) < 4.78 is 17.6. The highest BCUT2D eigenvalue weighted by atomic mass is 32.2. The van der Waals surface area contributed by atoms with Crippen LogP contribution in [0, 0.1) is 6.92 Å². The maximum absolute atomic E-state index is 12.5. The Kier molecular flexibility index (Phi) is 5.72. The average molecular weight is 317 g/mol. The Morgan fingerprint density at radius 2 is 1.68 bits per heavy atom. The van der Waals surface area contributed by atoms with Crippen molar-refractivity contribution in [3.63, 3.8) is 0 Å². The molecule has 0 amide bonds. The normalized spacial score (nSPS) is 12.8. The zero-order valence-electron chi connectivity index (χ0n) is 12.9. The predicted octanol–water partition coefficient (Wildman–Crippen LogP) is 3.16. The second-order valence-corrected chi connectivity index (χ2v) is 6.20. The van der Waals surface area contributed by atoms with E-state index < -0.39 is 10.8 Å². The van der Waals surface area contributed by atoms with E-state index in [2.05, 4.69) is 5.16 Å². The molecule has 4 nitrogen and oxygen atoms in total. The van der Waals surface area contributed by atoms with E-state index >= 15 is 0 Å². The molecule has 1 unspecified atom stereocenters. The fourth-order valence-corrected chi connectivity index (χ4v) is 3.03. The summed E-state index contributed by atoms with van der Waals surface area (Å²) in [5.41, 5.74) is 2.65. The van der Waals surface area contributed by atoms with E-state index in [0.717, 1.165) is 21.8 Å². The zero-order chi connectivity index (χ0) is 15.9. The molecule has 2 aromatic rings. The fourth-order valence-electron chi connectivity index (χ4n) is 1.95. The summed E-state index contributed by atoms with van der Waals surface area (Å²) in [4.78, 5) is 5.67. The number of methoxy groups -OCH3 is 1. The summed E-state index contributed by atoms with van der Waals surface area (Å²) in [5, 5.41) is 4.02. The number of rotatable bonds is 6. The van der Waals surface area contributed by atoms with Crippen molar-refractivity contribution in [2.75, 3.05) is 20.0 Å². The summed E-state index contributed by atoms with van der Waals surface area (Å²) in [6, 6.07) is 15.1. The lowest BCUT2D eigenvalue weighted by molar-refractivity contribution is 0.213. The van der Waals surface area contributed by atoms with Gasteiger partial charge in [0, 0.05) is 10.5 Å². The largest absolute Gasteiger partial charge is 0.497 e. The topological polar surface area (TPSA) is 47.9 Å². The SMILES string of the molecule is CON=C(CS(=O)c1ccc(C)cc1)c1ccc(OC)cc1. The zero-order valence-corrected chi connectivity index (χ0v) is 13.7. The Hall–Kier alpha value is -2.14. The number of hydrogen-bond donors (Lipinski definition) is 0. The van der Waals surface area contributed by atoms with Gasteiger partial charge in [0.2, 0.25) is 0 Å². The number of nitrogens with zero attached hydrogens (tertiary/aromatic N) is 1. The lowest BCUT2D eigenvalue weighted by atomic mass is 10.1. The average Bonchev–Trinajstić information content (AvgIpc) is 2.55. The number of benzene rings is 2.